The molecule has 2 aliphatic rings. The zero-order chi connectivity index (χ0) is 13.5. The van der Waals surface area contributed by atoms with Crippen molar-refractivity contribution in [3.63, 3.8) is 0 Å². The zero-order valence-electron chi connectivity index (χ0n) is 11.3. The maximum absolute atomic E-state index is 12.9. The molecular formula is C15H20N2O2. The summed E-state index contributed by atoms with van der Waals surface area (Å²) in [6.07, 6.45) is 2.05. The number of anilines is 1. The molecule has 1 amide bonds. The predicted octanol–water partition coefficient (Wildman–Crippen LogP) is 1.33. The number of aryl methyl sites for hydroxylation is 1. The molecule has 1 aromatic carbocycles. The van der Waals surface area contributed by atoms with Gasteiger partial charge in [0.2, 0.25) is 5.91 Å². The highest BCUT2D eigenvalue weighted by Gasteiger charge is 2.47. The van der Waals surface area contributed by atoms with Crippen LogP contribution in [0, 0.1) is 5.41 Å². The Hall–Kier alpha value is -1.39. The molecule has 2 aliphatic heterocycles. The van der Waals surface area contributed by atoms with Crippen LogP contribution in [-0.2, 0) is 16.0 Å². The molecule has 1 fully saturated rings. The molecule has 1 aromatic rings. The highest BCUT2D eigenvalue weighted by Crippen LogP contribution is 2.34. The zero-order valence-corrected chi connectivity index (χ0v) is 11.3. The monoisotopic (exact) mass is 260 g/mol. The fourth-order valence-electron chi connectivity index (χ4n) is 2.96. The number of para-hydroxylation sites is 1. The standard InChI is InChI=1S/C15H20N2O2/c1-15(10-19-9-13(15)16)14(18)17-8-4-6-11-5-2-3-7-12(11)17/h2-3,5,7,13H,4,6,8-10,16H2,1H3. The lowest BCUT2D eigenvalue weighted by molar-refractivity contribution is -0.128. The molecule has 3 rings (SSSR count). The van der Waals surface area contributed by atoms with Crippen molar-refractivity contribution in [1.82, 2.24) is 0 Å². The summed E-state index contributed by atoms with van der Waals surface area (Å²) in [5.74, 6) is 0.102. The van der Waals surface area contributed by atoms with Crippen molar-refractivity contribution in [3.05, 3.63) is 29.8 Å². The van der Waals surface area contributed by atoms with E-state index in [0.717, 1.165) is 25.1 Å². The van der Waals surface area contributed by atoms with Crippen molar-refractivity contribution < 1.29 is 9.53 Å². The van der Waals surface area contributed by atoms with E-state index in [1.807, 2.05) is 30.0 Å². The largest absolute Gasteiger partial charge is 0.379 e. The lowest BCUT2D eigenvalue weighted by Crippen LogP contribution is -2.52. The molecule has 0 bridgehead atoms. The van der Waals surface area contributed by atoms with E-state index >= 15 is 0 Å². The van der Waals surface area contributed by atoms with Crippen LogP contribution < -0.4 is 10.6 Å². The summed E-state index contributed by atoms with van der Waals surface area (Å²) in [6.45, 7) is 3.59. The van der Waals surface area contributed by atoms with Gasteiger partial charge in [-0.2, -0.15) is 0 Å². The molecule has 0 aromatic heterocycles. The number of rotatable bonds is 1. The van der Waals surface area contributed by atoms with Crippen LogP contribution in [0.1, 0.15) is 18.9 Å². The Labute approximate surface area is 113 Å². The average Bonchev–Trinajstić information content (AvgIpc) is 2.78. The first-order valence-corrected chi connectivity index (χ1v) is 6.86. The first-order valence-electron chi connectivity index (χ1n) is 6.86. The van der Waals surface area contributed by atoms with Crippen LogP contribution in [0.4, 0.5) is 5.69 Å². The van der Waals surface area contributed by atoms with Crippen LogP contribution in [0.5, 0.6) is 0 Å². The third-order valence-electron chi connectivity index (χ3n) is 4.36. The maximum Gasteiger partial charge on any atom is 0.236 e. The molecule has 0 aliphatic carbocycles. The van der Waals surface area contributed by atoms with Gasteiger partial charge in [0.05, 0.1) is 18.6 Å². The van der Waals surface area contributed by atoms with Gasteiger partial charge in [0, 0.05) is 18.3 Å². The SMILES string of the molecule is CC1(C(=O)N2CCCc3ccccc32)COCC1N. The first-order chi connectivity index (χ1) is 9.13. The molecule has 0 spiro atoms. The molecule has 0 radical (unpaired) electrons. The number of hydrogen-bond donors (Lipinski definition) is 1. The van der Waals surface area contributed by atoms with Gasteiger partial charge in [0.25, 0.3) is 0 Å². The number of nitrogens with two attached hydrogens (primary N) is 1. The highest BCUT2D eigenvalue weighted by atomic mass is 16.5. The molecule has 2 unspecified atom stereocenters. The molecule has 2 N–H and O–H groups in total. The van der Waals surface area contributed by atoms with Crippen molar-refractivity contribution in [1.29, 1.82) is 0 Å². The van der Waals surface area contributed by atoms with E-state index in [9.17, 15) is 4.79 Å². The second kappa shape index (κ2) is 4.62. The van der Waals surface area contributed by atoms with Gasteiger partial charge in [0.1, 0.15) is 0 Å². The Morgan fingerprint density at radius 1 is 1.47 bits per heavy atom. The molecule has 2 atom stereocenters. The van der Waals surface area contributed by atoms with Gasteiger partial charge in [-0.25, -0.2) is 0 Å². The Bertz CT molecular complexity index is 503. The van der Waals surface area contributed by atoms with E-state index in [0.29, 0.717) is 13.2 Å². The molecule has 4 nitrogen and oxygen atoms in total. The number of hydrogen-bond acceptors (Lipinski definition) is 3. The van der Waals surface area contributed by atoms with Gasteiger partial charge in [-0.1, -0.05) is 18.2 Å². The van der Waals surface area contributed by atoms with Crippen LogP contribution in [-0.4, -0.2) is 31.7 Å². The Morgan fingerprint density at radius 2 is 2.26 bits per heavy atom. The highest BCUT2D eigenvalue weighted by molar-refractivity contribution is 5.99. The second-order valence-electron chi connectivity index (χ2n) is 5.73. The third-order valence-corrected chi connectivity index (χ3v) is 4.36. The second-order valence-corrected chi connectivity index (χ2v) is 5.73. The van der Waals surface area contributed by atoms with Crippen LogP contribution in [0.15, 0.2) is 24.3 Å². The van der Waals surface area contributed by atoms with Crippen LogP contribution in [0.2, 0.25) is 0 Å². The summed E-state index contributed by atoms with van der Waals surface area (Å²) in [7, 11) is 0. The Balaban J connectivity index is 1.93. The molecule has 19 heavy (non-hydrogen) atoms. The van der Waals surface area contributed by atoms with E-state index in [-0.39, 0.29) is 11.9 Å². The van der Waals surface area contributed by atoms with E-state index in [1.54, 1.807) is 0 Å². The number of carbonyl (C=O) groups excluding carboxylic acids is 1. The fraction of sp³-hybridized carbons (Fsp3) is 0.533. The predicted molar refractivity (Wildman–Crippen MR) is 74.0 cm³/mol. The summed E-state index contributed by atoms with van der Waals surface area (Å²) < 4.78 is 5.40. The summed E-state index contributed by atoms with van der Waals surface area (Å²) in [5, 5.41) is 0. The topological polar surface area (TPSA) is 55.6 Å². The summed E-state index contributed by atoms with van der Waals surface area (Å²) in [6, 6.07) is 7.92. The van der Waals surface area contributed by atoms with Gasteiger partial charge in [-0.15, -0.1) is 0 Å². The minimum absolute atomic E-state index is 0.102. The minimum atomic E-state index is -0.593. The molecule has 1 saturated heterocycles. The van der Waals surface area contributed by atoms with Gasteiger partial charge in [-0.3, -0.25) is 4.79 Å². The molecule has 0 saturated carbocycles. The smallest absolute Gasteiger partial charge is 0.236 e. The summed E-state index contributed by atoms with van der Waals surface area (Å²) in [4.78, 5) is 14.8. The quantitative estimate of drug-likeness (QED) is 0.828. The van der Waals surface area contributed by atoms with E-state index in [4.69, 9.17) is 10.5 Å². The Morgan fingerprint density at radius 3 is 3.00 bits per heavy atom. The lowest BCUT2D eigenvalue weighted by Gasteiger charge is -2.36. The van der Waals surface area contributed by atoms with E-state index in [1.165, 1.54) is 5.56 Å². The van der Waals surface area contributed by atoms with E-state index < -0.39 is 5.41 Å². The molecule has 4 heteroatoms. The van der Waals surface area contributed by atoms with Gasteiger partial charge in [0.15, 0.2) is 0 Å². The van der Waals surface area contributed by atoms with Crippen molar-refractivity contribution >= 4 is 11.6 Å². The number of fused-ring (bicyclic) bond motifs is 1. The number of benzene rings is 1. The fourth-order valence-corrected chi connectivity index (χ4v) is 2.96. The van der Waals surface area contributed by atoms with Gasteiger partial charge in [-0.05, 0) is 31.4 Å². The minimum Gasteiger partial charge on any atom is -0.379 e. The van der Waals surface area contributed by atoms with Crippen molar-refractivity contribution in [2.24, 2.45) is 11.1 Å². The van der Waals surface area contributed by atoms with E-state index in [2.05, 4.69) is 6.07 Å². The lowest BCUT2D eigenvalue weighted by atomic mass is 9.83. The number of ether oxygens (including phenoxy) is 1. The van der Waals surface area contributed by atoms with Crippen molar-refractivity contribution in [2.75, 3.05) is 24.7 Å². The average molecular weight is 260 g/mol. The summed E-state index contributed by atoms with van der Waals surface area (Å²) >= 11 is 0. The molecule has 2 heterocycles. The molecular weight excluding hydrogens is 240 g/mol. The normalized spacial score (nSPS) is 30.2. The van der Waals surface area contributed by atoms with Crippen molar-refractivity contribution in [3.8, 4) is 0 Å². The number of amides is 1. The number of nitrogens with zero attached hydrogens (tertiary/aromatic N) is 1. The third kappa shape index (κ3) is 1.95. The van der Waals surface area contributed by atoms with Crippen LogP contribution in [0.25, 0.3) is 0 Å². The first kappa shape index (κ1) is 12.6. The number of carbonyl (C=O) groups is 1. The Kier molecular flexibility index (Phi) is 3.07. The van der Waals surface area contributed by atoms with Gasteiger partial charge >= 0.3 is 0 Å². The van der Waals surface area contributed by atoms with Crippen LogP contribution in [0.3, 0.4) is 0 Å². The van der Waals surface area contributed by atoms with Crippen molar-refractivity contribution in [2.45, 2.75) is 25.8 Å². The summed E-state index contributed by atoms with van der Waals surface area (Å²) in [5.41, 5.74) is 7.76. The van der Waals surface area contributed by atoms with Crippen LogP contribution >= 0.6 is 0 Å². The molecule has 102 valence electrons. The van der Waals surface area contributed by atoms with Gasteiger partial charge < -0.3 is 15.4 Å². The maximum atomic E-state index is 12.9.